The molecule has 2 saturated heterocycles. The molecular formula is C21H26KN4O2+. The van der Waals surface area contributed by atoms with Gasteiger partial charge in [-0.3, -0.25) is 19.7 Å². The molecule has 142 valence electrons. The van der Waals surface area contributed by atoms with E-state index in [9.17, 15) is 9.90 Å². The Balaban J connectivity index is 0.000000198. The monoisotopic (exact) mass is 405 g/mol. The topological polar surface area (TPSA) is 69.6 Å². The summed E-state index contributed by atoms with van der Waals surface area (Å²) >= 11 is 0. The van der Waals surface area contributed by atoms with Gasteiger partial charge in [0.05, 0.1) is 5.57 Å². The van der Waals surface area contributed by atoms with Crippen molar-refractivity contribution in [1.29, 1.82) is 0 Å². The molecule has 0 spiro atoms. The molecule has 2 aromatic rings. The Morgan fingerprint density at radius 1 is 1.11 bits per heavy atom. The Labute approximate surface area is 209 Å². The predicted molar refractivity (Wildman–Crippen MR) is 105 cm³/mol. The van der Waals surface area contributed by atoms with E-state index in [0.717, 1.165) is 0 Å². The Bertz CT molecular complexity index is 799. The molecule has 7 heteroatoms. The van der Waals surface area contributed by atoms with Crippen LogP contribution in [0.1, 0.15) is 36.4 Å². The van der Waals surface area contributed by atoms with Crippen molar-refractivity contribution in [3.05, 3.63) is 65.8 Å². The zero-order chi connectivity index (χ0) is 19.2. The molecule has 0 aliphatic carbocycles. The van der Waals surface area contributed by atoms with Gasteiger partial charge in [-0.1, -0.05) is 6.07 Å². The maximum absolute atomic E-state index is 11.6. The van der Waals surface area contributed by atoms with Crippen LogP contribution in [-0.4, -0.2) is 58.0 Å². The normalized spacial score (nSPS) is 21.0. The molecule has 28 heavy (non-hydrogen) atoms. The molecule has 2 aliphatic rings. The van der Waals surface area contributed by atoms with E-state index in [1.54, 1.807) is 36.5 Å². The number of hydrogen-bond donors (Lipinski definition) is 1. The maximum atomic E-state index is 11.6. The number of aliphatic hydroxyl groups is 1. The molecule has 1 amide bonds. The summed E-state index contributed by atoms with van der Waals surface area (Å²) in [5.41, 5.74) is 2.43. The number of nitrogens with zero attached hydrogens (tertiary/aromatic N) is 4. The molecule has 0 aromatic carbocycles. The second-order valence-electron chi connectivity index (χ2n) is 6.97. The third-order valence-corrected chi connectivity index (χ3v) is 5.11. The summed E-state index contributed by atoms with van der Waals surface area (Å²) in [6.07, 6.45) is 10.2. The molecule has 2 aromatic heterocycles. The number of aliphatic hydroxyl groups excluding tert-OH is 1. The summed E-state index contributed by atoms with van der Waals surface area (Å²) in [4.78, 5) is 23.6. The van der Waals surface area contributed by atoms with E-state index in [1.165, 1.54) is 24.9 Å². The number of hydrogen-bond acceptors (Lipinski definition) is 5. The first-order valence-corrected chi connectivity index (χ1v) is 9.26. The van der Waals surface area contributed by atoms with E-state index in [0.29, 0.717) is 30.1 Å². The van der Waals surface area contributed by atoms with Crippen LogP contribution in [0.25, 0.3) is 5.76 Å². The molecule has 0 radical (unpaired) electrons. The van der Waals surface area contributed by atoms with Crippen LogP contribution < -0.4 is 51.4 Å². The Morgan fingerprint density at radius 2 is 1.82 bits per heavy atom. The number of aromatic nitrogens is 2. The van der Waals surface area contributed by atoms with Crippen LogP contribution in [0.4, 0.5) is 0 Å². The van der Waals surface area contributed by atoms with Gasteiger partial charge in [0.1, 0.15) is 5.76 Å². The minimum atomic E-state index is -0.101. The number of rotatable bonds is 2. The van der Waals surface area contributed by atoms with E-state index < -0.39 is 0 Å². The standard InChI is InChI=1S/C11H12N2O2.C10H14N2.K/c1-13-6-4-9(11(13)15)10(14)8-3-2-5-12-7-8;1-12-7-3-5-10(12)9-4-2-6-11-8-9;/h2-3,5,7,14H,4,6H2,1H3;2,4,6,8,10H,3,5,7H2,1H3;/q;;+1. The van der Waals surface area contributed by atoms with Gasteiger partial charge < -0.3 is 10.0 Å². The average molecular weight is 406 g/mol. The van der Waals surface area contributed by atoms with Gasteiger partial charge in [-0.15, -0.1) is 0 Å². The van der Waals surface area contributed by atoms with Gasteiger partial charge in [0.15, 0.2) is 0 Å². The number of carbonyl (C=O) groups excluding carboxylic acids is 1. The fourth-order valence-corrected chi connectivity index (χ4v) is 3.52. The third-order valence-electron chi connectivity index (χ3n) is 5.11. The van der Waals surface area contributed by atoms with Crippen LogP contribution in [0.2, 0.25) is 0 Å². The molecule has 0 bridgehead atoms. The van der Waals surface area contributed by atoms with E-state index in [1.807, 2.05) is 18.5 Å². The summed E-state index contributed by atoms with van der Waals surface area (Å²) in [5, 5.41) is 9.90. The summed E-state index contributed by atoms with van der Waals surface area (Å²) in [6.45, 7) is 1.89. The zero-order valence-corrected chi connectivity index (χ0v) is 20.0. The molecule has 1 unspecified atom stereocenters. The van der Waals surface area contributed by atoms with Crippen molar-refractivity contribution in [2.75, 3.05) is 27.2 Å². The summed E-state index contributed by atoms with van der Waals surface area (Å²) in [6, 6.07) is 8.26. The largest absolute Gasteiger partial charge is 1.00 e. The van der Waals surface area contributed by atoms with Crippen molar-refractivity contribution in [3.63, 3.8) is 0 Å². The molecular weight excluding hydrogens is 379 g/mol. The molecule has 2 aliphatic heterocycles. The van der Waals surface area contributed by atoms with Crippen molar-refractivity contribution < 1.29 is 61.3 Å². The van der Waals surface area contributed by atoms with Gasteiger partial charge in [0, 0.05) is 50.0 Å². The van der Waals surface area contributed by atoms with Gasteiger partial charge >= 0.3 is 51.4 Å². The average Bonchev–Trinajstić information content (AvgIpc) is 3.29. The predicted octanol–water partition coefficient (Wildman–Crippen LogP) is 0.0651. The van der Waals surface area contributed by atoms with Crippen molar-refractivity contribution in [2.24, 2.45) is 0 Å². The fourth-order valence-electron chi connectivity index (χ4n) is 3.52. The van der Waals surface area contributed by atoms with Gasteiger partial charge in [0.25, 0.3) is 5.91 Å². The molecule has 1 N–H and O–H groups in total. The number of likely N-dealkylation sites (tertiary alicyclic amines) is 2. The summed E-state index contributed by atoms with van der Waals surface area (Å²) in [5.74, 6) is -0.0474. The number of amides is 1. The first-order valence-electron chi connectivity index (χ1n) is 9.26. The van der Waals surface area contributed by atoms with Gasteiger partial charge in [0.2, 0.25) is 0 Å². The Hall–Kier alpha value is -1.09. The number of likely N-dealkylation sites (N-methyl/N-ethyl adjacent to an activating group) is 1. The third kappa shape index (κ3) is 5.72. The fraction of sp³-hybridized carbons (Fsp3) is 0.381. The first-order chi connectivity index (χ1) is 13.1. The molecule has 0 saturated carbocycles. The zero-order valence-electron chi connectivity index (χ0n) is 16.9. The summed E-state index contributed by atoms with van der Waals surface area (Å²) in [7, 11) is 3.91. The van der Waals surface area contributed by atoms with Crippen molar-refractivity contribution in [1.82, 2.24) is 19.8 Å². The smallest absolute Gasteiger partial charge is 0.507 e. The quantitative estimate of drug-likeness (QED) is 0.435. The van der Waals surface area contributed by atoms with Gasteiger partial charge in [-0.05, 0) is 56.6 Å². The molecule has 4 rings (SSSR count). The second kappa shape index (κ2) is 11.2. The van der Waals surface area contributed by atoms with Crippen molar-refractivity contribution in [3.8, 4) is 0 Å². The molecule has 2 fully saturated rings. The van der Waals surface area contributed by atoms with Crippen molar-refractivity contribution >= 4 is 11.7 Å². The SMILES string of the molecule is CN1CCC(=C(O)c2cccnc2)C1=O.CN1CCCC1c1cccnc1.[K+]. The van der Waals surface area contributed by atoms with Crippen LogP contribution >= 0.6 is 0 Å². The second-order valence-corrected chi connectivity index (χ2v) is 6.97. The minimum absolute atomic E-state index is 0. The van der Waals surface area contributed by atoms with Gasteiger partial charge in [-0.2, -0.15) is 0 Å². The first kappa shape index (κ1) is 23.2. The van der Waals surface area contributed by atoms with Crippen LogP contribution in [-0.2, 0) is 4.79 Å². The Kier molecular flexibility index (Phi) is 9.26. The van der Waals surface area contributed by atoms with E-state index >= 15 is 0 Å². The van der Waals surface area contributed by atoms with Gasteiger partial charge in [-0.25, -0.2) is 0 Å². The molecule has 4 heterocycles. The van der Waals surface area contributed by atoms with E-state index in [-0.39, 0.29) is 63.1 Å². The number of carbonyl (C=O) groups is 1. The van der Waals surface area contributed by atoms with Crippen LogP contribution in [0, 0.1) is 0 Å². The Morgan fingerprint density at radius 3 is 2.32 bits per heavy atom. The maximum Gasteiger partial charge on any atom is 1.00 e. The molecule has 1 atom stereocenters. The summed E-state index contributed by atoms with van der Waals surface area (Å²) < 4.78 is 0. The van der Waals surface area contributed by atoms with Crippen LogP contribution in [0.3, 0.4) is 0 Å². The van der Waals surface area contributed by atoms with Crippen molar-refractivity contribution in [2.45, 2.75) is 25.3 Å². The van der Waals surface area contributed by atoms with Crippen LogP contribution in [0.5, 0.6) is 0 Å². The van der Waals surface area contributed by atoms with E-state index in [4.69, 9.17) is 0 Å². The molecule has 6 nitrogen and oxygen atoms in total. The van der Waals surface area contributed by atoms with E-state index in [2.05, 4.69) is 28.0 Å². The number of pyridine rings is 2. The van der Waals surface area contributed by atoms with Crippen LogP contribution in [0.15, 0.2) is 54.6 Å². The minimum Gasteiger partial charge on any atom is -0.507 e.